The van der Waals surface area contributed by atoms with E-state index in [0.29, 0.717) is 17.8 Å². The molecule has 2 amide bonds. The van der Waals surface area contributed by atoms with Gasteiger partial charge in [-0.1, -0.05) is 18.2 Å². The molecule has 6 nitrogen and oxygen atoms in total. The summed E-state index contributed by atoms with van der Waals surface area (Å²) in [6.07, 6.45) is 4.39. The molecule has 2 heterocycles. The van der Waals surface area contributed by atoms with Gasteiger partial charge in [0.2, 0.25) is 5.91 Å². The van der Waals surface area contributed by atoms with Gasteiger partial charge in [-0.05, 0) is 55.6 Å². The Morgan fingerprint density at radius 1 is 1.13 bits per heavy atom. The van der Waals surface area contributed by atoms with Crippen molar-refractivity contribution in [2.75, 3.05) is 19.7 Å². The van der Waals surface area contributed by atoms with Crippen LogP contribution in [-0.2, 0) is 16.6 Å². The van der Waals surface area contributed by atoms with Crippen molar-refractivity contribution in [2.45, 2.75) is 44.8 Å². The van der Waals surface area contributed by atoms with Gasteiger partial charge in [0.15, 0.2) is 0 Å². The lowest BCUT2D eigenvalue weighted by molar-refractivity contribution is -0.122. The Balaban J connectivity index is 1.31. The second kappa shape index (κ2) is 7.73. The van der Waals surface area contributed by atoms with Gasteiger partial charge in [0.05, 0.1) is 12.1 Å². The van der Waals surface area contributed by atoms with E-state index in [1.54, 1.807) is 6.92 Å². The van der Waals surface area contributed by atoms with Crippen molar-refractivity contribution in [1.82, 2.24) is 14.8 Å². The quantitative estimate of drug-likeness (QED) is 0.826. The van der Waals surface area contributed by atoms with E-state index in [4.69, 9.17) is 4.74 Å². The molecule has 1 aliphatic heterocycles. The smallest absolute Gasteiger partial charge is 0.270 e. The molecule has 30 heavy (non-hydrogen) atoms. The molecule has 0 radical (unpaired) electrons. The number of carbonyl (C=O) groups is 2. The summed E-state index contributed by atoms with van der Waals surface area (Å²) in [5.41, 5.74) is 1.83. The number of ether oxygens (including phenoxy) is 1. The van der Waals surface area contributed by atoms with Crippen molar-refractivity contribution < 1.29 is 14.3 Å². The average Bonchev–Trinajstić information content (AvgIpc) is 3.37. The number of nitrogens with zero attached hydrogens (tertiary/aromatic N) is 2. The summed E-state index contributed by atoms with van der Waals surface area (Å²) < 4.78 is 8.25. The fourth-order valence-electron chi connectivity index (χ4n) is 5.38. The molecule has 0 spiro atoms. The summed E-state index contributed by atoms with van der Waals surface area (Å²) in [5.74, 6) is 1.67. The van der Waals surface area contributed by atoms with Crippen LogP contribution in [0.2, 0.25) is 0 Å². The Morgan fingerprint density at radius 2 is 1.87 bits per heavy atom. The highest BCUT2D eigenvalue weighted by molar-refractivity contribution is 5.98. The van der Waals surface area contributed by atoms with E-state index in [0.717, 1.165) is 49.1 Å². The van der Waals surface area contributed by atoms with Gasteiger partial charge in [-0.15, -0.1) is 0 Å². The maximum atomic E-state index is 13.3. The average molecular weight is 410 g/mol. The molecular formula is C24H31N3O3. The molecular weight excluding hydrogens is 378 g/mol. The molecule has 6 heteroatoms. The van der Waals surface area contributed by atoms with E-state index in [1.165, 1.54) is 12.8 Å². The summed E-state index contributed by atoms with van der Waals surface area (Å²) in [7, 11) is 1.97. The first-order valence-electron chi connectivity index (χ1n) is 11.2. The van der Waals surface area contributed by atoms with Gasteiger partial charge in [0, 0.05) is 44.6 Å². The number of aromatic nitrogens is 1. The van der Waals surface area contributed by atoms with Crippen LogP contribution in [0.4, 0.5) is 0 Å². The third-order valence-corrected chi connectivity index (χ3v) is 7.21. The van der Waals surface area contributed by atoms with Crippen LogP contribution in [0, 0.1) is 17.8 Å². The maximum absolute atomic E-state index is 13.3. The second-order valence-electron chi connectivity index (χ2n) is 9.47. The molecule has 3 aliphatic rings. The van der Waals surface area contributed by atoms with Crippen LogP contribution in [0.1, 0.15) is 43.1 Å². The second-order valence-corrected chi connectivity index (χ2v) is 9.47. The highest BCUT2D eigenvalue weighted by atomic mass is 16.5. The number of amides is 2. The Hall–Kier alpha value is -2.34. The summed E-state index contributed by atoms with van der Waals surface area (Å²) in [6, 6.07) is 10.2. The first-order chi connectivity index (χ1) is 14.5. The maximum Gasteiger partial charge on any atom is 0.270 e. The number of benzene rings is 1. The minimum Gasteiger partial charge on any atom is -0.376 e. The number of carbonyl (C=O) groups excluding carboxylic acids is 2. The van der Waals surface area contributed by atoms with Gasteiger partial charge in [-0.25, -0.2) is 0 Å². The zero-order valence-corrected chi connectivity index (χ0v) is 17.8. The van der Waals surface area contributed by atoms with E-state index < -0.39 is 0 Å². The first kappa shape index (κ1) is 19.6. The summed E-state index contributed by atoms with van der Waals surface area (Å²) in [4.78, 5) is 27.1. The van der Waals surface area contributed by atoms with Crippen LogP contribution in [0.15, 0.2) is 30.3 Å². The number of likely N-dealkylation sites (tertiary alicyclic amines) is 1. The van der Waals surface area contributed by atoms with Crippen molar-refractivity contribution in [1.29, 1.82) is 0 Å². The molecule has 1 aromatic heterocycles. The number of para-hydroxylation sites is 1. The van der Waals surface area contributed by atoms with Crippen molar-refractivity contribution in [3.8, 4) is 0 Å². The van der Waals surface area contributed by atoms with Crippen molar-refractivity contribution in [3.63, 3.8) is 0 Å². The molecule has 2 saturated carbocycles. The first-order valence-corrected chi connectivity index (χ1v) is 11.2. The number of aryl methyl sites for hydroxylation is 1. The summed E-state index contributed by atoms with van der Waals surface area (Å²) >= 11 is 0. The summed E-state index contributed by atoms with van der Waals surface area (Å²) in [6.45, 7) is 3.92. The van der Waals surface area contributed by atoms with E-state index >= 15 is 0 Å². The molecule has 0 unspecified atom stereocenters. The normalized spacial score (nSPS) is 28.5. The van der Waals surface area contributed by atoms with E-state index in [9.17, 15) is 9.59 Å². The molecule has 5 rings (SSSR count). The van der Waals surface area contributed by atoms with Gasteiger partial charge >= 0.3 is 0 Å². The Kier molecular flexibility index (Phi) is 5.05. The van der Waals surface area contributed by atoms with Gasteiger partial charge < -0.3 is 19.5 Å². The predicted molar refractivity (Wildman–Crippen MR) is 115 cm³/mol. The van der Waals surface area contributed by atoms with Crippen molar-refractivity contribution in [2.24, 2.45) is 24.8 Å². The van der Waals surface area contributed by atoms with Crippen LogP contribution in [-0.4, -0.2) is 53.1 Å². The van der Waals surface area contributed by atoms with Crippen LogP contribution < -0.4 is 5.32 Å². The highest BCUT2D eigenvalue weighted by Gasteiger charge is 2.45. The Morgan fingerprint density at radius 3 is 2.57 bits per heavy atom. The van der Waals surface area contributed by atoms with Crippen LogP contribution >= 0.6 is 0 Å². The molecule has 1 N–H and O–H groups in total. The number of nitrogens with one attached hydrogen (secondary N) is 1. The van der Waals surface area contributed by atoms with Crippen LogP contribution in [0.25, 0.3) is 10.9 Å². The molecule has 1 saturated heterocycles. The third-order valence-electron chi connectivity index (χ3n) is 7.21. The third kappa shape index (κ3) is 3.73. The van der Waals surface area contributed by atoms with E-state index in [1.807, 2.05) is 34.7 Å². The van der Waals surface area contributed by atoms with Gasteiger partial charge in [-0.2, -0.15) is 0 Å². The molecule has 2 aliphatic carbocycles. The zero-order chi connectivity index (χ0) is 20.8. The largest absolute Gasteiger partial charge is 0.376 e. The van der Waals surface area contributed by atoms with Crippen molar-refractivity contribution >= 4 is 22.7 Å². The topological polar surface area (TPSA) is 63.6 Å². The minimum absolute atomic E-state index is 0.0000909. The Bertz CT molecular complexity index is 964. The van der Waals surface area contributed by atoms with Gasteiger partial charge in [0.1, 0.15) is 5.69 Å². The van der Waals surface area contributed by atoms with Crippen molar-refractivity contribution in [3.05, 3.63) is 36.0 Å². The molecule has 2 aromatic rings. The SMILES string of the molecule is CC(=O)N[C@@H]1C[C@@H]2CN(C(=O)c3cc4ccccc4n3C)C[C@@H]2C[C@H]1OCC1CC1. The fraction of sp³-hybridized carbons (Fsp3) is 0.583. The summed E-state index contributed by atoms with van der Waals surface area (Å²) in [5, 5.41) is 4.22. The Labute approximate surface area is 177 Å². The van der Waals surface area contributed by atoms with Gasteiger partial charge in [0.25, 0.3) is 5.91 Å². The number of rotatable bonds is 5. The standard InChI is InChI=1S/C24H31N3O3/c1-15(28)25-20-9-18-12-27(13-19(18)11-23(20)30-14-16-7-8-16)24(29)22-10-17-5-3-4-6-21(17)26(22)2/h3-6,10,16,18-20,23H,7-9,11-14H2,1-2H3,(H,25,28)/t18-,19+,20-,23-/m1/s1. The molecule has 3 fully saturated rings. The van der Waals surface area contributed by atoms with E-state index in [2.05, 4.69) is 17.4 Å². The molecule has 0 bridgehead atoms. The number of hydrogen-bond acceptors (Lipinski definition) is 3. The minimum atomic E-state index is -0.0000909. The monoisotopic (exact) mass is 409 g/mol. The van der Waals surface area contributed by atoms with Crippen LogP contribution in [0.3, 0.4) is 0 Å². The molecule has 160 valence electrons. The predicted octanol–water partition coefficient (Wildman–Crippen LogP) is 2.96. The molecule has 1 aromatic carbocycles. The lowest BCUT2D eigenvalue weighted by atomic mass is 9.77. The number of hydrogen-bond donors (Lipinski definition) is 1. The lowest BCUT2D eigenvalue weighted by Gasteiger charge is -2.38. The zero-order valence-electron chi connectivity index (χ0n) is 17.8. The van der Waals surface area contributed by atoms with Gasteiger partial charge in [-0.3, -0.25) is 9.59 Å². The lowest BCUT2D eigenvalue weighted by Crippen LogP contribution is -2.50. The van der Waals surface area contributed by atoms with E-state index in [-0.39, 0.29) is 24.0 Å². The fourth-order valence-corrected chi connectivity index (χ4v) is 5.38. The molecule has 4 atom stereocenters. The highest BCUT2D eigenvalue weighted by Crippen LogP contribution is 2.39. The van der Waals surface area contributed by atoms with Crippen LogP contribution in [0.5, 0.6) is 0 Å². The number of fused-ring (bicyclic) bond motifs is 2.